The van der Waals surface area contributed by atoms with Crippen molar-refractivity contribution in [3.63, 3.8) is 0 Å². The van der Waals surface area contributed by atoms with E-state index in [1.165, 1.54) is 12.1 Å². The molecule has 1 aliphatic rings. The third-order valence-electron chi connectivity index (χ3n) is 4.07. The molecule has 0 aliphatic heterocycles. The van der Waals surface area contributed by atoms with Gasteiger partial charge in [0.05, 0.1) is 28.8 Å². The van der Waals surface area contributed by atoms with E-state index >= 15 is 0 Å². The van der Waals surface area contributed by atoms with E-state index in [-0.39, 0.29) is 5.69 Å². The lowest BCUT2D eigenvalue weighted by molar-refractivity contribution is -0.384. The maximum atomic E-state index is 10.9. The Bertz CT molecular complexity index is 644. The van der Waals surface area contributed by atoms with Gasteiger partial charge in [0.25, 0.3) is 5.69 Å². The zero-order chi connectivity index (χ0) is 14.2. The Balaban J connectivity index is 1.94. The smallest absolute Gasteiger partial charge is 0.271 e. The summed E-state index contributed by atoms with van der Waals surface area (Å²) in [4.78, 5) is 10.4. The second kappa shape index (κ2) is 4.86. The van der Waals surface area contributed by atoms with Gasteiger partial charge >= 0.3 is 0 Å². The number of nitrogens with zero attached hydrogens (tertiary/aromatic N) is 3. The van der Waals surface area contributed by atoms with Gasteiger partial charge in [0.15, 0.2) is 0 Å². The molecule has 3 rings (SSSR count). The molecule has 1 saturated carbocycles. The minimum Gasteiger partial charge on any atom is -0.388 e. The summed E-state index contributed by atoms with van der Waals surface area (Å²) in [7, 11) is 0. The third-order valence-corrected chi connectivity index (χ3v) is 4.07. The van der Waals surface area contributed by atoms with Gasteiger partial charge in [-0.25, -0.2) is 0 Å². The number of benzene rings is 1. The van der Waals surface area contributed by atoms with Crippen LogP contribution in [0.15, 0.2) is 24.4 Å². The predicted octanol–water partition coefficient (Wildman–Crippen LogP) is 2.64. The molecule has 0 unspecified atom stereocenters. The Morgan fingerprint density at radius 2 is 2.10 bits per heavy atom. The molecule has 20 heavy (non-hydrogen) atoms. The van der Waals surface area contributed by atoms with Gasteiger partial charge in [-0.05, 0) is 18.9 Å². The Hall–Kier alpha value is -1.95. The molecule has 6 heteroatoms. The Morgan fingerprint density at radius 1 is 1.35 bits per heavy atom. The van der Waals surface area contributed by atoms with E-state index in [9.17, 15) is 15.2 Å². The highest BCUT2D eigenvalue weighted by Gasteiger charge is 2.30. The monoisotopic (exact) mass is 275 g/mol. The number of non-ortho nitro benzene ring substituents is 1. The van der Waals surface area contributed by atoms with Gasteiger partial charge in [0.2, 0.25) is 0 Å². The normalized spacial score (nSPS) is 18.2. The van der Waals surface area contributed by atoms with Crippen molar-refractivity contribution in [3.05, 3.63) is 34.5 Å². The van der Waals surface area contributed by atoms with Gasteiger partial charge in [-0.2, -0.15) is 5.10 Å². The van der Waals surface area contributed by atoms with Crippen LogP contribution in [-0.4, -0.2) is 25.4 Å². The third kappa shape index (κ3) is 2.38. The van der Waals surface area contributed by atoms with Crippen molar-refractivity contribution in [1.82, 2.24) is 9.78 Å². The molecular weight excluding hydrogens is 258 g/mol. The predicted molar refractivity (Wildman–Crippen MR) is 74.4 cm³/mol. The molecule has 1 aromatic heterocycles. The van der Waals surface area contributed by atoms with Crippen LogP contribution in [0.4, 0.5) is 5.69 Å². The molecular formula is C14H17N3O3. The lowest BCUT2D eigenvalue weighted by Gasteiger charge is -2.32. The Labute approximate surface area is 116 Å². The first-order valence-corrected chi connectivity index (χ1v) is 6.90. The first kappa shape index (κ1) is 13.1. The standard InChI is InChI=1S/C14H17N3O3/c18-14(6-2-1-3-7-14)10-16-13-8-12(17(19)20)5-4-11(13)9-15-16/h4-5,8-9,18H,1-3,6-7,10H2. The highest BCUT2D eigenvalue weighted by Crippen LogP contribution is 2.30. The molecule has 1 aromatic carbocycles. The summed E-state index contributed by atoms with van der Waals surface area (Å²) in [6.45, 7) is 0.400. The fraction of sp³-hybridized carbons (Fsp3) is 0.500. The zero-order valence-electron chi connectivity index (χ0n) is 11.2. The van der Waals surface area contributed by atoms with E-state index in [2.05, 4.69) is 5.10 Å². The minimum absolute atomic E-state index is 0.0508. The first-order valence-electron chi connectivity index (χ1n) is 6.90. The van der Waals surface area contributed by atoms with E-state index in [0.717, 1.165) is 37.5 Å². The maximum absolute atomic E-state index is 10.9. The molecule has 106 valence electrons. The molecule has 1 fully saturated rings. The van der Waals surface area contributed by atoms with Crippen molar-refractivity contribution in [2.75, 3.05) is 0 Å². The molecule has 0 atom stereocenters. The summed E-state index contributed by atoms with van der Waals surface area (Å²) in [5.74, 6) is 0. The highest BCUT2D eigenvalue weighted by atomic mass is 16.6. The van der Waals surface area contributed by atoms with Gasteiger partial charge in [-0.15, -0.1) is 0 Å². The molecule has 1 N–H and O–H groups in total. The van der Waals surface area contributed by atoms with Crippen molar-refractivity contribution in [2.45, 2.75) is 44.2 Å². The number of fused-ring (bicyclic) bond motifs is 1. The fourth-order valence-corrected chi connectivity index (χ4v) is 2.95. The van der Waals surface area contributed by atoms with Gasteiger partial charge in [-0.1, -0.05) is 19.3 Å². The molecule has 6 nitrogen and oxygen atoms in total. The molecule has 0 amide bonds. The molecule has 1 aliphatic carbocycles. The second-order valence-corrected chi connectivity index (χ2v) is 5.59. The number of nitro benzene ring substituents is 1. The number of rotatable bonds is 3. The quantitative estimate of drug-likeness (QED) is 0.689. The lowest BCUT2D eigenvalue weighted by atomic mass is 9.85. The Kier molecular flexibility index (Phi) is 3.17. The molecule has 0 radical (unpaired) electrons. The summed E-state index contributed by atoms with van der Waals surface area (Å²) < 4.78 is 1.69. The van der Waals surface area contributed by atoms with Crippen LogP contribution in [0.2, 0.25) is 0 Å². The first-order chi connectivity index (χ1) is 9.57. The van der Waals surface area contributed by atoms with Crippen molar-refractivity contribution < 1.29 is 10.0 Å². The van der Waals surface area contributed by atoms with Crippen LogP contribution >= 0.6 is 0 Å². The van der Waals surface area contributed by atoms with Crippen molar-refractivity contribution in [3.8, 4) is 0 Å². The van der Waals surface area contributed by atoms with Gasteiger partial charge in [0.1, 0.15) is 0 Å². The number of hydrogen-bond donors (Lipinski definition) is 1. The molecule has 1 heterocycles. The SMILES string of the molecule is O=[N+]([O-])c1ccc2cnn(CC3(O)CCCCC3)c2c1. The van der Waals surface area contributed by atoms with Crippen LogP contribution < -0.4 is 0 Å². The summed E-state index contributed by atoms with van der Waals surface area (Å²) in [6, 6.07) is 4.69. The average molecular weight is 275 g/mol. The lowest BCUT2D eigenvalue weighted by Crippen LogP contribution is -2.36. The van der Waals surface area contributed by atoms with E-state index in [1.54, 1.807) is 16.9 Å². The van der Waals surface area contributed by atoms with Crippen molar-refractivity contribution in [1.29, 1.82) is 0 Å². The largest absolute Gasteiger partial charge is 0.388 e. The molecule has 2 aromatic rings. The van der Waals surface area contributed by atoms with Crippen LogP contribution in [0, 0.1) is 10.1 Å². The van der Waals surface area contributed by atoms with E-state index < -0.39 is 10.5 Å². The summed E-state index contributed by atoms with van der Waals surface area (Å²) in [5.41, 5.74) is 0.0232. The molecule has 0 spiro atoms. The Morgan fingerprint density at radius 3 is 2.80 bits per heavy atom. The van der Waals surface area contributed by atoms with Crippen LogP contribution in [0.25, 0.3) is 10.9 Å². The van der Waals surface area contributed by atoms with Crippen molar-refractivity contribution >= 4 is 16.6 Å². The zero-order valence-corrected chi connectivity index (χ0v) is 11.2. The van der Waals surface area contributed by atoms with Crippen LogP contribution in [0.1, 0.15) is 32.1 Å². The number of hydrogen-bond acceptors (Lipinski definition) is 4. The minimum atomic E-state index is -0.734. The topological polar surface area (TPSA) is 81.2 Å². The van der Waals surface area contributed by atoms with Crippen LogP contribution in [0.5, 0.6) is 0 Å². The van der Waals surface area contributed by atoms with Crippen LogP contribution in [-0.2, 0) is 6.54 Å². The summed E-state index contributed by atoms with van der Waals surface area (Å²) >= 11 is 0. The second-order valence-electron chi connectivity index (χ2n) is 5.59. The number of aliphatic hydroxyl groups is 1. The molecule has 0 bridgehead atoms. The van der Waals surface area contributed by atoms with Gasteiger partial charge in [0, 0.05) is 17.5 Å². The van der Waals surface area contributed by atoms with E-state index in [4.69, 9.17) is 0 Å². The maximum Gasteiger partial charge on any atom is 0.271 e. The van der Waals surface area contributed by atoms with E-state index in [0.29, 0.717) is 12.1 Å². The average Bonchev–Trinajstić information content (AvgIpc) is 2.81. The highest BCUT2D eigenvalue weighted by molar-refractivity contribution is 5.81. The fourth-order valence-electron chi connectivity index (χ4n) is 2.95. The number of aromatic nitrogens is 2. The van der Waals surface area contributed by atoms with E-state index in [1.807, 2.05) is 0 Å². The van der Waals surface area contributed by atoms with Crippen molar-refractivity contribution in [2.24, 2.45) is 0 Å². The van der Waals surface area contributed by atoms with Crippen LogP contribution in [0.3, 0.4) is 0 Å². The summed E-state index contributed by atoms with van der Waals surface area (Å²) in [6.07, 6.45) is 6.43. The molecule has 0 saturated heterocycles. The number of nitro groups is 1. The van der Waals surface area contributed by atoms with Gasteiger partial charge in [-0.3, -0.25) is 14.8 Å². The van der Waals surface area contributed by atoms with Gasteiger partial charge < -0.3 is 5.11 Å². The summed E-state index contributed by atoms with van der Waals surface area (Å²) in [5, 5.41) is 26.6.